The minimum Gasteiger partial charge on any atom is -0.464 e. The predicted octanol–water partition coefficient (Wildman–Crippen LogP) is 0.210. The summed E-state index contributed by atoms with van der Waals surface area (Å²) in [6.45, 7) is 3.33. The lowest BCUT2D eigenvalue weighted by atomic mass is 10.7. The number of aromatic nitrogens is 3. The maximum Gasteiger partial charge on any atom is 0.322 e. The highest BCUT2D eigenvalue weighted by Gasteiger charge is 2.07. The van der Waals surface area contributed by atoms with Crippen LogP contribution in [-0.4, -0.2) is 52.9 Å². The standard InChI is InChI=1S/C9H18N6OS/c1-4-16-8-11-7(14-10)12-9(13-8)17-6-5-15(2)3/h4-6,10H2,1-3H3,(H,11,12,13,14). The van der Waals surface area contributed by atoms with E-state index in [1.165, 1.54) is 11.8 Å². The van der Waals surface area contributed by atoms with E-state index in [0.29, 0.717) is 23.7 Å². The Morgan fingerprint density at radius 3 is 2.71 bits per heavy atom. The topological polar surface area (TPSA) is 89.2 Å². The van der Waals surface area contributed by atoms with Crippen molar-refractivity contribution in [3.63, 3.8) is 0 Å². The summed E-state index contributed by atoms with van der Waals surface area (Å²) in [5, 5.41) is 0.609. The third-order valence-corrected chi connectivity index (χ3v) is 2.59. The first-order chi connectivity index (χ1) is 8.15. The van der Waals surface area contributed by atoms with Gasteiger partial charge >= 0.3 is 6.01 Å². The molecule has 0 fully saturated rings. The van der Waals surface area contributed by atoms with Crippen LogP contribution in [0.2, 0.25) is 0 Å². The minimum absolute atomic E-state index is 0.294. The average molecular weight is 258 g/mol. The normalized spacial score (nSPS) is 10.6. The number of nitrogens with one attached hydrogen (secondary N) is 1. The molecule has 0 radical (unpaired) electrons. The van der Waals surface area contributed by atoms with Gasteiger partial charge in [-0.1, -0.05) is 11.8 Å². The molecule has 1 rings (SSSR count). The third kappa shape index (κ3) is 5.16. The summed E-state index contributed by atoms with van der Waals surface area (Å²) in [7, 11) is 4.04. The summed E-state index contributed by atoms with van der Waals surface area (Å²) in [6.07, 6.45) is 0. The number of ether oxygens (including phenoxy) is 1. The number of thioether (sulfide) groups is 1. The molecule has 0 saturated heterocycles. The van der Waals surface area contributed by atoms with E-state index in [2.05, 4.69) is 25.3 Å². The van der Waals surface area contributed by atoms with E-state index in [1.54, 1.807) is 0 Å². The molecule has 0 saturated carbocycles. The van der Waals surface area contributed by atoms with Gasteiger partial charge in [-0.05, 0) is 21.0 Å². The lowest BCUT2D eigenvalue weighted by Crippen LogP contribution is -2.16. The largest absolute Gasteiger partial charge is 0.464 e. The molecule has 0 atom stereocenters. The number of hydrogen-bond donors (Lipinski definition) is 2. The van der Waals surface area contributed by atoms with Crippen LogP contribution in [0.3, 0.4) is 0 Å². The molecule has 0 spiro atoms. The van der Waals surface area contributed by atoms with Crippen molar-refractivity contribution in [3.8, 4) is 6.01 Å². The maximum atomic E-state index is 5.28. The lowest BCUT2D eigenvalue weighted by molar-refractivity contribution is 0.308. The zero-order chi connectivity index (χ0) is 12.7. The highest BCUT2D eigenvalue weighted by molar-refractivity contribution is 7.99. The van der Waals surface area contributed by atoms with E-state index < -0.39 is 0 Å². The zero-order valence-electron chi connectivity index (χ0n) is 10.3. The Bertz CT molecular complexity index is 348. The first kappa shape index (κ1) is 13.9. The van der Waals surface area contributed by atoms with Crippen LogP contribution in [0.4, 0.5) is 5.95 Å². The van der Waals surface area contributed by atoms with Gasteiger partial charge in [0.15, 0.2) is 5.16 Å². The Balaban J connectivity index is 2.66. The summed E-state index contributed by atoms with van der Waals surface area (Å²) in [4.78, 5) is 14.4. The second-order valence-electron chi connectivity index (χ2n) is 3.45. The highest BCUT2D eigenvalue weighted by atomic mass is 32.2. The van der Waals surface area contributed by atoms with Gasteiger partial charge in [0.1, 0.15) is 0 Å². The van der Waals surface area contributed by atoms with Crippen molar-refractivity contribution in [2.45, 2.75) is 12.1 Å². The van der Waals surface area contributed by atoms with Crippen molar-refractivity contribution in [2.24, 2.45) is 5.84 Å². The third-order valence-electron chi connectivity index (χ3n) is 1.77. The first-order valence-corrected chi connectivity index (χ1v) is 6.27. The SMILES string of the molecule is CCOc1nc(NN)nc(SCCN(C)C)n1. The van der Waals surface area contributed by atoms with Crippen molar-refractivity contribution in [1.82, 2.24) is 19.9 Å². The molecule has 96 valence electrons. The molecule has 0 aliphatic carbocycles. The molecule has 0 bridgehead atoms. The Kier molecular flexibility index (Phi) is 5.95. The second kappa shape index (κ2) is 7.25. The summed E-state index contributed by atoms with van der Waals surface area (Å²) in [6, 6.07) is 0.294. The first-order valence-electron chi connectivity index (χ1n) is 5.28. The van der Waals surface area contributed by atoms with Gasteiger partial charge in [0, 0.05) is 12.3 Å². The van der Waals surface area contributed by atoms with Crippen LogP contribution in [0.15, 0.2) is 5.16 Å². The van der Waals surface area contributed by atoms with Crippen molar-refractivity contribution >= 4 is 17.7 Å². The molecule has 17 heavy (non-hydrogen) atoms. The molecule has 8 heteroatoms. The maximum absolute atomic E-state index is 5.28. The zero-order valence-corrected chi connectivity index (χ0v) is 11.1. The molecular formula is C9H18N6OS. The van der Waals surface area contributed by atoms with Gasteiger partial charge in [0.2, 0.25) is 5.95 Å². The Labute approximate surface area is 105 Å². The van der Waals surface area contributed by atoms with Gasteiger partial charge in [0.05, 0.1) is 6.61 Å². The molecule has 0 unspecified atom stereocenters. The van der Waals surface area contributed by atoms with Crippen LogP contribution in [0, 0.1) is 0 Å². The summed E-state index contributed by atoms with van der Waals surface area (Å²) in [5.74, 6) is 6.50. The van der Waals surface area contributed by atoms with Crippen LogP contribution in [0.1, 0.15) is 6.92 Å². The number of rotatable bonds is 7. The van der Waals surface area contributed by atoms with E-state index in [0.717, 1.165) is 12.3 Å². The molecular weight excluding hydrogens is 240 g/mol. The van der Waals surface area contributed by atoms with Gasteiger partial charge in [-0.2, -0.15) is 15.0 Å². The van der Waals surface area contributed by atoms with E-state index in [1.807, 2.05) is 21.0 Å². The van der Waals surface area contributed by atoms with Gasteiger partial charge < -0.3 is 9.64 Å². The molecule has 1 aromatic rings. The number of anilines is 1. The highest BCUT2D eigenvalue weighted by Crippen LogP contribution is 2.16. The van der Waals surface area contributed by atoms with E-state index in [4.69, 9.17) is 10.6 Å². The fourth-order valence-electron chi connectivity index (χ4n) is 0.980. The molecule has 0 aromatic carbocycles. The quantitative estimate of drug-likeness (QED) is 0.407. The number of hydrogen-bond acceptors (Lipinski definition) is 8. The number of nitrogens with zero attached hydrogens (tertiary/aromatic N) is 4. The smallest absolute Gasteiger partial charge is 0.322 e. The molecule has 1 aromatic heterocycles. The summed E-state index contributed by atoms with van der Waals surface area (Å²) < 4.78 is 5.23. The van der Waals surface area contributed by atoms with Crippen LogP contribution < -0.4 is 16.0 Å². The Morgan fingerprint density at radius 2 is 2.12 bits per heavy atom. The van der Waals surface area contributed by atoms with Crippen molar-refractivity contribution < 1.29 is 4.74 Å². The minimum atomic E-state index is 0.294. The number of hydrazine groups is 1. The fraction of sp³-hybridized carbons (Fsp3) is 0.667. The lowest BCUT2D eigenvalue weighted by Gasteiger charge is -2.09. The van der Waals surface area contributed by atoms with Crippen LogP contribution in [0.25, 0.3) is 0 Å². The predicted molar refractivity (Wildman–Crippen MR) is 68.1 cm³/mol. The average Bonchev–Trinajstić information content (AvgIpc) is 2.28. The van der Waals surface area contributed by atoms with Crippen molar-refractivity contribution in [2.75, 3.05) is 38.4 Å². The molecule has 7 nitrogen and oxygen atoms in total. The van der Waals surface area contributed by atoms with E-state index >= 15 is 0 Å². The van der Waals surface area contributed by atoms with Crippen molar-refractivity contribution in [1.29, 1.82) is 0 Å². The van der Waals surface area contributed by atoms with E-state index in [9.17, 15) is 0 Å². The number of nitrogens with two attached hydrogens (primary N) is 1. The Hall–Kier alpha value is -1.12. The fourth-order valence-corrected chi connectivity index (χ4v) is 1.91. The van der Waals surface area contributed by atoms with Crippen LogP contribution in [-0.2, 0) is 0 Å². The molecule has 1 heterocycles. The molecule has 0 amide bonds. The van der Waals surface area contributed by atoms with Crippen molar-refractivity contribution in [3.05, 3.63) is 0 Å². The Morgan fingerprint density at radius 1 is 1.35 bits per heavy atom. The monoisotopic (exact) mass is 258 g/mol. The number of nitrogen functional groups attached to an aromatic ring is 1. The molecule has 0 aliphatic heterocycles. The van der Waals surface area contributed by atoms with Gasteiger partial charge in [0.25, 0.3) is 0 Å². The second-order valence-corrected chi connectivity index (χ2v) is 4.52. The molecule has 3 N–H and O–H groups in total. The van der Waals surface area contributed by atoms with Gasteiger partial charge in [-0.25, -0.2) is 5.84 Å². The van der Waals surface area contributed by atoms with Crippen LogP contribution in [0.5, 0.6) is 6.01 Å². The molecule has 0 aliphatic rings. The van der Waals surface area contributed by atoms with Gasteiger partial charge in [-0.3, -0.25) is 5.43 Å². The summed E-state index contributed by atoms with van der Waals surface area (Å²) >= 11 is 1.54. The van der Waals surface area contributed by atoms with Crippen LogP contribution >= 0.6 is 11.8 Å². The summed E-state index contributed by atoms with van der Waals surface area (Å²) in [5.41, 5.74) is 2.40. The van der Waals surface area contributed by atoms with Gasteiger partial charge in [-0.15, -0.1) is 0 Å². The van der Waals surface area contributed by atoms with E-state index in [-0.39, 0.29) is 0 Å².